The molecule has 5 rings (SSSR count). The van der Waals surface area contributed by atoms with Crippen molar-refractivity contribution < 1.29 is 4.79 Å². The molecule has 3 heterocycles. The average molecular weight is 433 g/mol. The smallest absolute Gasteiger partial charge is 0.230 e. The highest BCUT2D eigenvalue weighted by molar-refractivity contribution is 6.30. The third-order valence-electron chi connectivity index (χ3n) is 6.40. The Kier molecular flexibility index (Phi) is 5.36. The number of hydrogen-bond acceptors (Lipinski definition) is 4. The first-order valence-electron chi connectivity index (χ1n) is 10.9. The van der Waals surface area contributed by atoms with Gasteiger partial charge in [0, 0.05) is 41.3 Å². The molecule has 3 aromatic rings. The number of piperidine rings is 1. The van der Waals surface area contributed by atoms with E-state index in [1.165, 1.54) is 5.56 Å². The van der Waals surface area contributed by atoms with Crippen molar-refractivity contribution in [1.29, 1.82) is 0 Å². The Morgan fingerprint density at radius 1 is 0.968 bits per heavy atom. The molecule has 0 spiro atoms. The first-order chi connectivity index (χ1) is 15.1. The predicted octanol–water partition coefficient (Wildman–Crippen LogP) is 4.99. The number of rotatable bonds is 3. The highest BCUT2D eigenvalue weighted by atomic mass is 35.5. The lowest BCUT2D eigenvalue weighted by Gasteiger charge is -2.35. The zero-order valence-electron chi connectivity index (χ0n) is 17.5. The molecular weight excluding hydrogens is 408 g/mol. The van der Waals surface area contributed by atoms with E-state index in [0.717, 1.165) is 55.1 Å². The van der Waals surface area contributed by atoms with Crippen molar-refractivity contribution in [1.82, 2.24) is 10.2 Å². The molecule has 158 valence electrons. The van der Waals surface area contributed by atoms with Crippen LogP contribution in [0.15, 0.2) is 60.7 Å². The summed E-state index contributed by atoms with van der Waals surface area (Å²) in [5.41, 5.74) is 4.18. The third kappa shape index (κ3) is 3.90. The van der Waals surface area contributed by atoms with Crippen LogP contribution in [0.5, 0.6) is 0 Å². The van der Waals surface area contributed by atoms with Crippen LogP contribution in [0, 0.1) is 5.92 Å². The summed E-state index contributed by atoms with van der Waals surface area (Å²) in [6, 6.07) is 20.1. The van der Waals surface area contributed by atoms with Crippen molar-refractivity contribution in [2.75, 3.05) is 22.9 Å². The molecule has 2 aliphatic rings. The van der Waals surface area contributed by atoms with E-state index in [0.29, 0.717) is 5.02 Å². The van der Waals surface area contributed by atoms with Crippen LogP contribution in [0.3, 0.4) is 0 Å². The molecule has 2 aliphatic heterocycles. The Balaban J connectivity index is 1.23. The van der Waals surface area contributed by atoms with Gasteiger partial charge in [-0.25, -0.2) is 0 Å². The quantitative estimate of drug-likeness (QED) is 0.585. The maximum atomic E-state index is 13.3. The van der Waals surface area contributed by atoms with Crippen LogP contribution < -0.4 is 9.80 Å². The van der Waals surface area contributed by atoms with E-state index in [4.69, 9.17) is 11.6 Å². The van der Waals surface area contributed by atoms with Crippen LogP contribution in [-0.4, -0.2) is 35.2 Å². The fourth-order valence-corrected chi connectivity index (χ4v) is 4.85. The first-order valence-corrected chi connectivity index (χ1v) is 11.2. The topological polar surface area (TPSA) is 49.3 Å². The monoisotopic (exact) mass is 432 g/mol. The molecule has 0 N–H and O–H groups in total. The Morgan fingerprint density at radius 3 is 2.42 bits per heavy atom. The average Bonchev–Trinajstić information content (AvgIpc) is 3.15. The summed E-state index contributed by atoms with van der Waals surface area (Å²) in [5.74, 6) is 1.19. The largest absolute Gasteiger partial charge is 0.355 e. The molecule has 2 aromatic carbocycles. The maximum absolute atomic E-state index is 13.3. The molecular formula is C25H25ClN4O. The number of carbonyl (C=O) groups excluding carboxylic acids is 1. The van der Waals surface area contributed by atoms with E-state index < -0.39 is 0 Å². The van der Waals surface area contributed by atoms with E-state index in [9.17, 15) is 4.79 Å². The summed E-state index contributed by atoms with van der Waals surface area (Å²) < 4.78 is 0. The fraction of sp³-hybridized carbons (Fsp3) is 0.320. The number of halogens is 1. The Labute approximate surface area is 187 Å². The lowest BCUT2D eigenvalue weighted by molar-refractivity contribution is -0.123. The van der Waals surface area contributed by atoms with Crippen LogP contribution in [0.25, 0.3) is 11.3 Å². The van der Waals surface area contributed by atoms with Crippen molar-refractivity contribution in [2.45, 2.75) is 32.2 Å². The molecule has 5 nitrogen and oxygen atoms in total. The van der Waals surface area contributed by atoms with Gasteiger partial charge in [0.05, 0.1) is 5.69 Å². The van der Waals surface area contributed by atoms with Gasteiger partial charge in [-0.2, -0.15) is 0 Å². The first kappa shape index (κ1) is 20.0. The molecule has 0 bridgehead atoms. The Hall–Kier alpha value is -2.92. The highest BCUT2D eigenvalue weighted by Crippen LogP contribution is 2.35. The standard InChI is InChI=1S/C25H25ClN4O/c1-17-16-20-4-2-3-5-23(20)30(17)25(31)19-12-14-29(15-13-19)24-11-10-22(27-28-24)18-6-8-21(26)9-7-18/h2-11,17,19H,12-16H2,1H3. The number of amides is 1. The van der Waals surface area contributed by atoms with Gasteiger partial charge in [0.1, 0.15) is 0 Å². The minimum absolute atomic E-state index is 0.0613. The van der Waals surface area contributed by atoms with Gasteiger partial charge in [-0.1, -0.05) is 41.9 Å². The number of para-hydroxylation sites is 1. The van der Waals surface area contributed by atoms with Gasteiger partial charge < -0.3 is 9.80 Å². The van der Waals surface area contributed by atoms with E-state index in [2.05, 4.69) is 40.2 Å². The van der Waals surface area contributed by atoms with Gasteiger partial charge in [-0.05, 0) is 62.1 Å². The van der Waals surface area contributed by atoms with E-state index >= 15 is 0 Å². The minimum atomic E-state index is 0.0613. The fourth-order valence-electron chi connectivity index (χ4n) is 4.72. The summed E-state index contributed by atoms with van der Waals surface area (Å²) >= 11 is 5.96. The second kappa shape index (κ2) is 8.31. The number of aromatic nitrogens is 2. The van der Waals surface area contributed by atoms with E-state index in [1.807, 2.05) is 47.4 Å². The van der Waals surface area contributed by atoms with Crippen LogP contribution in [0.4, 0.5) is 11.5 Å². The van der Waals surface area contributed by atoms with Crippen LogP contribution in [0.1, 0.15) is 25.3 Å². The van der Waals surface area contributed by atoms with Gasteiger partial charge in [-0.15, -0.1) is 10.2 Å². The van der Waals surface area contributed by atoms with Gasteiger partial charge in [0.2, 0.25) is 5.91 Å². The maximum Gasteiger partial charge on any atom is 0.230 e. The van der Waals surface area contributed by atoms with Crippen molar-refractivity contribution >= 4 is 29.0 Å². The van der Waals surface area contributed by atoms with E-state index in [1.54, 1.807) is 0 Å². The lowest BCUT2D eigenvalue weighted by Crippen LogP contribution is -2.45. The van der Waals surface area contributed by atoms with Crippen molar-refractivity contribution in [2.24, 2.45) is 5.92 Å². The third-order valence-corrected chi connectivity index (χ3v) is 6.66. The Morgan fingerprint density at radius 2 is 1.71 bits per heavy atom. The SMILES string of the molecule is CC1Cc2ccccc2N1C(=O)C1CCN(c2ccc(-c3ccc(Cl)cc3)nn2)CC1. The van der Waals surface area contributed by atoms with Crippen LogP contribution >= 0.6 is 11.6 Å². The molecule has 0 saturated carbocycles. The van der Waals surface area contributed by atoms with Crippen LogP contribution in [0.2, 0.25) is 5.02 Å². The van der Waals surface area contributed by atoms with Crippen LogP contribution in [-0.2, 0) is 11.2 Å². The Bertz CT molecular complexity index is 1080. The molecule has 1 aromatic heterocycles. The number of carbonyl (C=O) groups is 1. The number of anilines is 2. The summed E-state index contributed by atoms with van der Waals surface area (Å²) in [6.45, 7) is 3.77. The molecule has 31 heavy (non-hydrogen) atoms. The van der Waals surface area contributed by atoms with Crippen molar-refractivity contribution in [3.63, 3.8) is 0 Å². The van der Waals surface area contributed by atoms with Gasteiger partial charge in [0.25, 0.3) is 0 Å². The molecule has 6 heteroatoms. The van der Waals surface area contributed by atoms with Crippen molar-refractivity contribution in [3.05, 3.63) is 71.2 Å². The second-order valence-corrected chi connectivity index (χ2v) is 8.87. The summed E-state index contributed by atoms with van der Waals surface area (Å²) in [7, 11) is 0. The number of fused-ring (bicyclic) bond motifs is 1. The number of benzene rings is 2. The lowest BCUT2D eigenvalue weighted by atomic mass is 9.94. The molecule has 1 unspecified atom stereocenters. The predicted molar refractivity (Wildman–Crippen MR) is 125 cm³/mol. The number of hydrogen-bond donors (Lipinski definition) is 0. The zero-order valence-corrected chi connectivity index (χ0v) is 18.3. The summed E-state index contributed by atoms with van der Waals surface area (Å²) in [5, 5.41) is 9.54. The highest BCUT2D eigenvalue weighted by Gasteiger charge is 2.36. The number of nitrogens with zero attached hydrogens (tertiary/aromatic N) is 4. The summed E-state index contributed by atoms with van der Waals surface area (Å²) in [6.07, 6.45) is 2.62. The molecule has 1 amide bonds. The van der Waals surface area contributed by atoms with Gasteiger partial charge in [-0.3, -0.25) is 4.79 Å². The van der Waals surface area contributed by atoms with Gasteiger partial charge in [0.15, 0.2) is 5.82 Å². The molecule has 1 fully saturated rings. The van der Waals surface area contributed by atoms with E-state index in [-0.39, 0.29) is 17.9 Å². The molecule has 0 radical (unpaired) electrons. The minimum Gasteiger partial charge on any atom is -0.355 e. The normalized spacial score (nSPS) is 18.8. The second-order valence-electron chi connectivity index (χ2n) is 8.44. The van der Waals surface area contributed by atoms with Crippen molar-refractivity contribution in [3.8, 4) is 11.3 Å². The molecule has 1 atom stereocenters. The molecule has 1 saturated heterocycles. The molecule has 0 aliphatic carbocycles. The zero-order chi connectivity index (χ0) is 21.4. The summed E-state index contributed by atoms with van der Waals surface area (Å²) in [4.78, 5) is 17.6. The van der Waals surface area contributed by atoms with Gasteiger partial charge >= 0.3 is 0 Å².